The summed E-state index contributed by atoms with van der Waals surface area (Å²) in [5.41, 5.74) is 0.696. The van der Waals surface area contributed by atoms with Gasteiger partial charge in [0.1, 0.15) is 0 Å². The Labute approximate surface area is 208 Å². The first-order chi connectivity index (χ1) is 16.4. The lowest BCUT2D eigenvalue weighted by molar-refractivity contribution is -0.255. The van der Waals surface area contributed by atoms with Gasteiger partial charge in [0.15, 0.2) is 6.29 Å². The van der Waals surface area contributed by atoms with Gasteiger partial charge >= 0.3 is 5.97 Å². The fourth-order valence-corrected chi connectivity index (χ4v) is 10.0. The van der Waals surface area contributed by atoms with Crippen molar-refractivity contribution >= 4 is 5.97 Å². The first kappa shape index (κ1) is 25.1. The Bertz CT molecular complexity index is 717. The zero-order chi connectivity index (χ0) is 23.9. The summed E-state index contributed by atoms with van der Waals surface area (Å²) < 4.78 is 18.2. The topological polar surface area (TPSA) is 44.8 Å². The number of rotatable bonds is 6. The Morgan fingerprint density at radius 2 is 1.82 bits per heavy atom. The van der Waals surface area contributed by atoms with Gasteiger partial charge in [-0.05, 0) is 112 Å². The molecule has 1 saturated heterocycles. The van der Waals surface area contributed by atoms with Crippen LogP contribution < -0.4 is 0 Å². The fourth-order valence-electron chi connectivity index (χ4n) is 10.0. The molecule has 0 bridgehead atoms. The van der Waals surface area contributed by atoms with Gasteiger partial charge < -0.3 is 14.2 Å². The van der Waals surface area contributed by atoms with Crippen LogP contribution in [-0.4, -0.2) is 32.1 Å². The van der Waals surface area contributed by atoms with E-state index in [4.69, 9.17) is 14.2 Å². The van der Waals surface area contributed by atoms with E-state index in [9.17, 15) is 4.79 Å². The lowest BCUT2D eigenvalue weighted by atomic mass is 9.44. The molecule has 5 rings (SSSR count). The van der Waals surface area contributed by atoms with Gasteiger partial charge in [0.05, 0.1) is 13.2 Å². The van der Waals surface area contributed by atoms with E-state index in [1.54, 1.807) is 0 Å². The summed E-state index contributed by atoms with van der Waals surface area (Å²) in [7, 11) is 1.51. The number of carbonyl (C=O) groups excluding carboxylic acids is 1. The molecule has 4 aliphatic carbocycles. The van der Waals surface area contributed by atoms with Crippen molar-refractivity contribution in [3.05, 3.63) is 0 Å². The van der Waals surface area contributed by atoms with E-state index in [1.165, 1.54) is 77.7 Å². The molecular weight excluding hydrogens is 424 g/mol. The normalized spacial score (nSPS) is 47.2. The van der Waals surface area contributed by atoms with E-state index >= 15 is 0 Å². The number of carbonyl (C=O) groups is 1. The van der Waals surface area contributed by atoms with Gasteiger partial charge in [0.25, 0.3) is 0 Å². The maximum atomic E-state index is 11.9. The van der Waals surface area contributed by atoms with Crippen molar-refractivity contribution in [1.82, 2.24) is 0 Å². The Kier molecular flexibility index (Phi) is 7.40. The van der Waals surface area contributed by atoms with Gasteiger partial charge in [-0.1, -0.05) is 33.6 Å². The Morgan fingerprint density at radius 1 is 1.00 bits per heavy atom. The van der Waals surface area contributed by atoms with Crippen LogP contribution in [0.5, 0.6) is 0 Å². The zero-order valence-electron chi connectivity index (χ0n) is 22.4. The van der Waals surface area contributed by atoms with E-state index in [-0.39, 0.29) is 23.8 Å². The molecule has 0 aromatic rings. The molecule has 0 aromatic carbocycles. The van der Waals surface area contributed by atoms with Crippen molar-refractivity contribution in [2.45, 2.75) is 123 Å². The maximum absolute atomic E-state index is 11.9. The summed E-state index contributed by atoms with van der Waals surface area (Å²) >= 11 is 0. The summed E-state index contributed by atoms with van der Waals surface area (Å²) in [6, 6.07) is 0. The first-order valence-corrected chi connectivity index (χ1v) is 14.7. The van der Waals surface area contributed by atoms with Crippen LogP contribution in [0.3, 0.4) is 0 Å². The van der Waals surface area contributed by atoms with Crippen LogP contribution >= 0.6 is 0 Å². The highest BCUT2D eigenvalue weighted by Gasteiger charge is 2.64. The summed E-state index contributed by atoms with van der Waals surface area (Å²) in [4.78, 5) is 11.9. The van der Waals surface area contributed by atoms with Crippen LogP contribution in [0, 0.1) is 46.3 Å². The lowest BCUT2D eigenvalue weighted by Crippen LogP contribution is -2.59. The number of fused-ring (bicyclic) bond motifs is 5. The molecule has 1 aliphatic heterocycles. The summed E-state index contributed by atoms with van der Waals surface area (Å²) in [6.45, 7) is 8.49. The van der Waals surface area contributed by atoms with Gasteiger partial charge in [0, 0.05) is 18.4 Å². The number of hydrogen-bond acceptors (Lipinski definition) is 4. The molecule has 1 heterocycles. The van der Waals surface area contributed by atoms with Gasteiger partial charge in [-0.15, -0.1) is 0 Å². The minimum absolute atomic E-state index is 0.0158. The van der Waals surface area contributed by atoms with Crippen LogP contribution in [0.1, 0.15) is 111 Å². The molecular formula is C30H50O4. The smallest absolute Gasteiger partial charge is 0.305 e. The quantitative estimate of drug-likeness (QED) is 0.303. The van der Waals surface area contributed by atoms with Crippen LogP contribution in [0.4, 0.5) is 0 Å². The van der Waals surface area contributed by atoms with Crippen LogP contribution in [0.25, 0.3) is 0 Å². The summed E-state index contributed by atoms with van der Waals surface area (Å²) in [5, 5.41) is 0. The van der Waals surface area contributed by atoms with Crippen molar-refractivity contribution < 1.29 is 19.0 Å². The second-order valence-electron chi connectivity index (χ2n) is 13.2. The highest BCUT2D eigenvalue weighted by Crippen LogP contribution is 2.69. The molecule has 4 saturated carbocycles. The summed E-state index contributed by atoms with van der Waals surface area (Å²) in [5.74, 6) is 4.41. The van der Waals surface area contributed by atoms with E-state index < -0.39 is 0 Å². The summed E-state index contributed by atoms with van der Waals surface area (Å²) in [6.07, 6.45) is 17.7. The van der Waals surface area contributed by atoms with Gasteiger partial charge in [-0.2, -0.15) is 0 Å². The van der Waals surface area contributed by atoms with E-state index in [0.29, 0.717) is 23.7 Å². The Morgan fingerprint density at radius 3 is 2.59 bits per heavy atom. The monoisotopic (exact) mass is 474 g/mol. The Balaban J connectivity index is 1.42. The van der Waals surface area contributed by atoms with Gasteiger partial charge in [-0.25, -0.2) is 0 Å². The number of esters is 1. The molecule has 4 heteroatoms. The average molecular weight is 475 g/mol. The van der Waals surface area contributed by atoms with E-state index in [1.807, 2.05) is 0 Å². The van der Waals surface area contributed by atoms with Crippen LogP contribution in [0.2, 0.25) is 0 Å². The SMILES string of the molecule is COC(=O)CC[C@@H](C)[C@H]1CC[C@H]2[C@@H]3CC[C@@H]4CCCC[C@]4(C)[C@H]3C[C@H](OC3CCCCO3)[C@]12C. The third kappa shape index (κ3) is 4.27. The maximum Gasteiger partial charge on any atom is 0.305 e. The highest BCUT2D eigenvalue weighted by atomic mass is 16.7. The predicted molar refractivity (Wildman–Crippen MR) is 134 cm³/mol. The van der Waals surface area contributed by atoms with Crippen molar-refractivity contribution in [3.63, 3.8) is 0 Å². The zero-order valence-corrected chi connectivity index (χ0v) is 22.4. The van der Waals surface area contributed by atoms with Gasteiger partial charge in [0.2, 0.25) is 0 Å². The molecule has 34 heavy (non-hydrogen) atoms. The number of hydrogen-bond donors (Lipinski definition) is 0. The largest absolute Gasteiger partial charge is 0.469 e. The molecule has 0 N–H and O–H groups in total. The minimum atomic E-state index is -0.0674. The molecule has 0 aromatic heterocycles. The van der Waals surface area contributed by atoms with Crippen molar-refractivity contribution in [2.24, 2.45) is 46.3 Å². The molecule has 4 nitrogen and oxygen atoms in total. The van der Waals surface area contributed by atoms with E-state index in [0.717, 1.165) is 43.1 Å². The highest BCUT2D eigenvalue weighted by molar-refractivity contribution is 5.69. The average Bonchev–Trinajstić information content (AvgIpc) is 3.21. The standard InChI is InChI=1S/C30H50O4/c1-20(11-16-27(31)32-4)23-14-15-24-22-13-12-21-9-5-7-17-29(21,2)25(22)19-26(30(23,24)3)34-28-10-6-8-18-33-28/h20-26,28H,5-19H2,1-4H3/t20-,21+,22+,23-,24+,25+,26+,28?,29+,30-/m1/s1. The molecule has 10 atom stereocenters. The Hall–Kier alpha value is -0.610. The molecule has 0 radical (unpaired) electrons. The molecule has 5 fully saturated rings. The first-order valence-electron chi connectivity index (χ1n) is 14.7. The molecule has 5 aliphatic rings. The number of methoxy groups -OCH3 is 1. The van der Waals surface area contributed by atoms with Crippen LogP contribution in [-0.2, 0) is 19.0 Å². The predicted octanol–water partition coefficient (Wildman–Crippen LogP) is 7.15. The molecule has 0 amide bonds. The van der Waals surface area contributed by atoms with E-state index in [2.05, 4.69) is 20.8 Å². The third-order valence-electron chi connectivity index (χ3n) is 11.9. The molecule has 194 valence electrons. The minimum Gasteiger partial charge on any atom is -0.469 e. The molecule has 0 spiro atoms. The van der Waals surface area contributed by atoms with Crippen molar-refractivity contribution in [3.8, 4) is 0 Å². The second kappa shape index (κ2) is 10.0. The second-order valence-corrected chi connectivity index (χ2v) is 13.2. The molecule has 1 unspecified atom stereocenters. The van der Waals surface area contributed by atoms with Crippen LogP contribution in [0.15, 0.2) is 0 Å². The van der Waals surface area contributed by atoms with Crippen molar-refractivity contribution in [1.29, 1.82) is 0 Å². The van der Waals surface area contributed by atoms with Gasteiger partial charge in [-0.3, -0.25) is 4.79 Å². The lowest BCUT2D eigenvalue weighted by Gasteiger charge is -2.63. The third-order valence-corrected chi connectivity index (χ3v) is 11.9. The number of ether oxygens (including phenoxy) is 3. The fraction of sp³-hybridized carbons (Fsp3) is 0.967. The van der Waals surface area contributed by atoms with Crippen molar-refractivity contribution in [2.75, 3.05) is 13.7 Å².